The Morgan fingerprint density at radius 1 is 1.18 bits per heavy atom. The van der Waals surface area contributed by atoms with E-state index in [1.807, 2.05) is 41.8 Å². The van der Waals surface area contributed by atoms with Crippen LogP contribution in [-0.2, 0) is 18.8 Å². The summed E-state index contributed by atoms with van der Waals surface area (Å²) < 4.78 is 9.38. The number of hydrogen-bond donors (Lipinski definition) is 1. The molecule has 28 heavy (non-hydrogen) atoms. The van der Waals surface area contributed by atoms with Gasteiger partial charge >= 0.3 is 0 Å². The summed E-state index contributed by atoms with van der Waals surface area (Å²) in [6, 6.07) is 6.33. The second-order valence-electron chi connectivity index (χ2n) is 7.13. The van der Waals surface area contributed by atoms with Gasteiger partial charge in [-0.25, -0.2) is 4.98 Å². The maximum absolute atomic E-state index is 5.62. The molecule has 1 N–H and O–H groups in total. The van der Waals surface area contributed by atoms with Gasteiger partial charge in [0.1, 0.15) is 17.0 Å². The first kappa shape index (κ1) is 16.9. The predicted octanol–water partition coefficient (Wildman–Crippen LogP) is 1.98. The second kappa shape index (κ2) is 6.45. The molecule has 0 spiro atoms. The van der Waals surface area contributed by atoms with Crippen LogP contribution in [-0.4, -0.2) is 60.5 Å². The van der Waals surface area contributed by atoms with Crippen molar-refractivity contribution < 1.29 is 4.74 Å². The van der Waals surface area contributed by atoms with Crippen molar-refractivity contribution >= 4 is 16.9 Å². The van der Waals surface area contributed by atoms with E-state index in [1.165, 1.54) is 0 Å². The lowest BCUT2D eigenvalue weighted by molar-refractivity contribution is 0.0986. The smallest absolute Gasteiger partial charge is 0.136 e. The van der Waals surface area contributed by atoms with Gasteiger partial charge in [-0.1, -0.05) is 0 Å². The SMILES string of the molecule is C[C@@H]1COCCN1c1cc(-c2ccnn2C)c2c(n1)c(-c1ccn[nH]1)nn2C. The zero-order chi connectivity index (χ0) is 19.3. The van der Waals surface area contributed by atoms with Gasteiger partial charge in [0.25, 0.3) is 0 Å². The third kappa shape index (κ3) is 2.58. The predicted molar refractivity (Wildman–Crippen MR) is 106 cm³/mol. The number of aryl methyl sites for hydroxylation is 2. The number of rotatable bonds is 3. The number of pyridine rings is 1. The molecule has 144 valence electrons. The highest BCUT2D eigenvalue weighted by Gasteiger charge is 2.25. The molecule has 4 aromatic heterocycles. The van der Waals surface area contributed by atoms with Crippen LogP contribution >= 0.6 is 0 Å². The number of H-pyrrole nitrogens is 1. The molecule has 0 aliphatic carbocycles. The zero-order valence-electron chi connectivity index (χ0n) is 16.1. The van der Waals surface area contributed by atoms with Gasteiger partial charge < -0.3 is 9.64 Å². The molecule has 4 aromatic rings. The first-order chi connectivity index (χ1) is 13.6. The van der Waals surface area contributed by atoms with Crippen molar-refractivity contribution in [3.8, 4) is 22.6 Å². The molecule has 0 amide bonds. The van der Waals surface area contributed by atoms with Crippen LogP contribution in [0.4, 0.5) is 5.82 Å². The summed E-state index contributed by atoms with van der Waals surface area (Å²) in [4.78, 5) is 7.33. The summed E-state index contributed by atoms with van der Waals surface area (Å²) in [6.45, 7) is 4.37. The number of morpholine rings is 1. The summed E-state index contributed by atoms with van der Waals surface area (Å²) in [6.07, 6.45) is 3.54. The number of nitrogens with one attached hydrogen (secondary N) is 1. The van der Waals surface area contributed by atoms with Crippen molar-refractivity contribution in [1.29, 1.82) is 0 Å². The summed E-state index contributed by atoms with van der Waals surface area (Å²) in [7, 11) is 3.89. The topological polar surface area (TPSA) is 89.7 Å². The van der Waals surface area contributed by atoms with Crippen LogP contribution in [0.3, 0.4) is 0 Å². The van der Waals surface area contributed by atoms with Crippen LogP contribution in [0.2, 0.25) is 0 Å². The minimum Gasteiger partial charge on any atom is -0.377 e. The van der Waals surface area contributed by atoms with Crippen molar-refractivity contribution in [3.63, 3.8) is 0 Å². The van der Waals surface area contributed by atoms with Crippen LogP contribution in [0.1, 0.15) is 6.92 Å². The lowest BCUT2D eigenvalue weighted by Gasteiger charge is -2.34. The van der Waals surface area contributed by atoms with Gasteiger partial charge in [0.15, 0.2) is 0 Å². The molecule has 0 saturated carbocycles. The van der Waals surface area contributed by atoms with Crippen LogP contribution in [0.5, 0.6) is 0 Å². The molecular formula is C19H22N8O. The molecule has 9 heteroatoms. The zero-order valence-corrected chi connectivity index (χ0v) is 16.1. The van der Waals surface area contributed by atoms with E-state index in [0.717, 1.165) is 46.0 Å². The van der Waals surface area contributed by atoms with E-state index in [2.05, 4.69) is 33.2 Å². The van der Waals surface area contributed by atoms with Crippen LogP contribution in [0.25, 0.3) is 33.7 Å². The molecule has 0 aromatic carbocycles. The molecule has 1 aliphatic heterocycles. The van der Waals surface area contributed by atoms with Gasteiger partial charge in [-0.3, -0.25) is 14.5 Å². The molecule has 5 rings (SSSR count). The van der Waals surface area contributed by atoms with Crippen LogP contribution in [0, 0.1) is 0 Å². The van der Waals surface area contributed by atoms with E-state index in [1.54, 1.807) is 6.20 Å². The van der Waals surface area contributed by atoms with E-state index in [9.17, 15) is 0 Å². The molecule has 1 aliphatic rings. The normalized spacial score (nSPS) is 17.5. The maximum atomic E-state index is 5.62. The van der Waals surface area contributed by atoms with E-state index in [0.29, 0.717) is 13.2 Å². The summed E-state index contributed by atoms with van der Waals surface area (Å²) in [5.41, 5.74) is 5.53. The fourth-order valence-corrected chi connectivity index (χ4v) is 3.88. The monoisotopic (exact) mass is 378 g/mol. The van der Waals surface area contributed by atoms with E-state index in [-0.39, 0.29) is 6.04 Å². The highest BCUT2D eigenvalue weighted by atomic mass is 16.5. The number of anilines is 1. The number of hydrogen-bond acceptors (Lipinski definition) is 6. The largest absolute Gasteiger partial charge is 0.377 e. The van der Waals surface area contributed by atoms with Gasteiger partial charge in [0, 0.05) is 38.6 Å². The highest BCUT2D eigenvalue weighted by Crippen LogP contribution is 2.35. The summed E-state index contributed by atoms with van der Waals surface area (Å²) in [5, 5.41) is 16.2. The summed E-state index contributed by atoms with van der Waals surface area (Å²) >= 11 is 0. The minimum absolute atomic E-state index is 0.255. The Bertz CT molecular complexity index is 1130. The van der Waals surface area contributed by atoms with Crippen LogP contribution < -0.4 is 4.90 Å². The molecule has 9 nitrogen and oxygen atoms in total. The van der Waals surface area contributed by atoms with Crippen LogP contribution in [0.15, 0.2) is 30.6 Å². The Labute approximate surface area is 161 Å². The first-order valence-corrected chi connectivity index (χ1v) is 9.33. The highest BCUT2D eigenvalue weighted by molar-refractivity contribution is 5.99. The number of fused-ring (bicyclic) bond motifs is 1. The molecule has 0 bridgehead atoms. The Kier molecular flexibility index (Phi) is 3.90. The third-order valence-electron chi connectivity index (χ3n) is 5.29. The van der Waals surface area contributed by atoms with Gasteiger partial charge in [0.05, 0.1) is 36.2 Å². The molecule has 0 radical (unpaired) electrons. The van der Waals surface area contributed by atoms with Gasteiger partial charge in [-0.15, -0.1) is 0 Å². The average Bonchev–Trinajstić information content (AvgIpc) is 3.42. The van der Waals surface area contributed by atoms with Crippen molar-refractivity contribution in [3.05, 3.63) is 30.6 Å². The number of aromatic amines is 1. The van der Waals surface area contributed by atoms with E-state index >= 15 is 0 Å². The molecule has 1 fully saturated rings. The van der Waals surface area contributed by atoms with E-state index in [4.69, 9.17) is 14.8 Å². The third-order valence-corrected chi connectivity index (χ3v) is 5.29. The minimum atomic E-state index is 0.255. The van der Waals surface area contributed by atoms with Gasteiger partial charge in [0.2, 0.25) is 0 Å². The van der Waals surface area contributed by atoms with Crippen molar-refractivity contribution in [2.24, 2.45) is 14.1 Å². The second-order valence-corrected chi connectivity index (χ2v) is 7.13. The standard InChI is InChI=1S/C19H22N8O/c1-12-11-28-9-8-27(12)16-10-13(15-5-7-21-25(15)2)19-18(22-16)17(24-26(19)3)14-4-6-20-23-14/h4-7,10,12H,8-9,11H2,1-3H3,(H,20,23)/t12-/m1/s1. The lowest BCUT2D eigenvalue weighted by atomic mass is 10.1. The van der Waals surface area contributed by atoms with Crippen molar-refractivity contribution in [2.75, 3.05) is 24.7 Å². The molecule has 1 saturated heterocycles. The first-order valence-electron chi connectivity index (χ1n) is 9.33. The Balaban J connectivity index is 1.80. The quantitative estimate of drug-likeness (QED) is 0.586. The Hall–Kier alpha value is -3.20. The average molecular weight is 378 g/mol. The number of aromatic nitrogens is 7. The van der Waals surface area contributed by atoms with Gasteiger partial charge in [-0.2, -0.15) is 15.3 Å². The number of ether oxygens (including phenoxy) is 1. The Morgan fingerprint density at radius 2 is 2.07 bits per heavy atom. The van der Waals surface area contributed by atoms with E-state index < -0.39 is 0 Å². The van der Waals surface area contributed by atoms with Crippen molar-refractivity contribution in [2.45, 2.75) is 13.0 Å². The molecule has 5 heterocycles. The Morgan fingerprint density at radius 3 is 2.79 bits per heavy atom. The fourth-order valence-electron chi connectivity index (χ4n) is 3.88. The van der Waals surface area contributed by atoms with Crippen molar-refractivity contribution in [1.82, 2.24) is 34.7 Å². The molecular weight excluding hydrogens is 356 g/mol. The molecule has 0 unspecified atom stereocenters. The van der Waals surface area contributed by atoms with Gasteiger partial charge in [-0.05, 0) is 25.1 Å². The number of nitrogens with zero attached hydrogens (tertiary/aromatic N) is 7. The molecule has 1 atom stereocenters. The summed E-state index contributed by atoms with van der Waals surface area (Å²) in [5.74, 6) is 0.924. The maximum Gasteiger partial charge on any atom is 0.136 e. The fraction of sp³-hybridized carbons (Fsp3) is 0.368. The lowest BCUT2D eigenvalue weighted by Crippen LogP contribution is -2.44.